The highest BCUT2D eigenvalue weighted by atomic mass is 35.5. The number of carboxylic acids is 1. The molecule has 1 heterocycles. The van der Waals surface area contributed by atoms with Crippen molar-refractivity contribution in [1.82, 2.24) is 4.90 Å². The number of hydrogen-bond donors (Lipinski definition) is 1. The fraction of sp³-hybridized carbons (Fsp3) is 0.385. The largest absolute Gasteiger partial charge is 0.480 e. The SMILES string of the molecule is CC(=O)N1CC(S(=O)(=O)c2ccc(F)cc2Cl)CC1C(=O)O. The summed E-state index contributed by atoms with van der Waals surface area (Å²) in [5.74, 6) is -2.46. The van der Waals surface area contributed by atoms with E-state index in [9.17, 15) is 22.4 Å². The van der Waals surface area contributed by atoms with Gasteiger partial charge in [-0.2, -0.15) is 0 Å². The van der Waals surface area contributed by atoms with Gasteiger partial charge in [-0.1, -0.05) is 11.6 Å². The molecule has 0 aromatic heterocycles. The van der Waals surface area contributed by atoms with E-state index in [4.69, 9.17) is 16.7 Å². The molecule has 0 bridgehead atoms. The van der Waals surface area contributed by atoms with Gasteiger partial charge in [0, 0.05) is 13.5 Å². The van der Waals surface area contributed by atoms with Crippen molar-refractivity contribution in [1.29, 1.82) is 0 Å². The number of rotatable bonds is 3. The zero-order valence-electron chi connectivity index (χ0n) is 11.5. The lowest BCUT2D eigenvalue weighted by molar-refractivity contribution is -0.147. The minimum atomic E-state index is -3.97. The second kappa shape index (κ2) is 5.85. The van der Waals surface area contributed by atoms with Crippen LogP contribution in [-0.2, 0) is 19.4 Å². The van der Waals surface area contributed by atoms with Gasteiger partial charge in [-0.3, -0.25) is 4.79 Å². The highest BCUT2D eigenvalue weighted by molar-refractivity contribution is 7.92. The van der Waals surface area contributed by atoms with Crippen molar-refractivity contribution in [3.8, 4) is 0 Å². The summed E-state index contributed by atoms with van der Waals surface area (Å²) < 4.78 is 38.2. The molecule has 1 aromatic carbocycles. The first-order valence-corrected chi connectivity index (χ1v) is 8.26. The van der Waals surface area contributed by atoms with Gasteiger partial charge >= 0.3 is 5.97 Å². The summed E-state index contributed by atoms with van der Waals surface area (Å²) in [5.41, 5.74) is 0. The molecule has 2 atom stereocenters. The summed E-state index contributed by atoms with van der Waals surface area (Å²) in [5, 5.41) is 7.75. The maximum Gasteiger partial charge on any atom is 0.326 e. The zero-order chi connectivity index (χ0) is 16.7. The van der Waals surface area contributed by atoms with Crippen LogP contribution in [0.5, 0.6) is 0 Å². The Kier molecular flexibility index (Phi) is 4.44. The second-order valence-corrected chi connectivity index (χ2v) is 7.61. The summed E-state index contributed by atoms with van der Waals surface area (Å²) in [7, 11) is -3.97. The van der Waals surface area contributed by atoms with Gasteiger partial charge in [0.05, 0.1) is 15.2 Å². The topological polar surface area (TPSA) is 91.8 Å². The number of sulfone groups is 1. The van der Waals surface area contributed by atoms with Gasteiger partial charge < -0.3 is 10.0 Å². The van der Waals surface area contributed by atoms with E-state index in [1.807, 2.05) is 0 Å². The molecule has 1 fully saturated rings. The number of carbonyl (C=O) groups excluding carboxylic acids is 1. The lowest BCUT2D eigenvalue weighted by Gasteiger charge is -2.19. The Balaban J connectivity index is 2.39. The van der Waals surface area contributed by atoms with Crippen molar-refractivity contribution >= 4 is 33.3 Å². The maximum atomic E-state index is 13.0. The molecule has 0 radical (unpaired) electrons. The Bertz CT molecular complexity index is 714. The molecular formula is C13H13ClFNO5S. The molecular weight excluding hydrogens is 337 g/mol. The van der Waals surface area contributed by atoms with Gasteiger partial charge in [-0.25, -0.2) is 17.6 Å². The van der Waals surface area contributed by atoms with Crippen molar-refractivity contribution in [2.45, 2.75) is 29.5 Å². The number of benzene rings is 1. The molecule has 1 aromatic rings. The second-order valence-electron chi connectivity index (χ2n) is 5.00. The molecule has 0 aliphatic carbocycles. The van der Waals surface area contributed by atoms with Crippen LogP contribution >= 0.6 is 11.6 Å². The molecule has 2 rings (SSSR count). The minimum absolute atomic E-state index is 0.231. The van der Waals surface area contributed by atoms with Crippen LogP contribution in [-0.4, -0.2) is 48.1 Å². The molecule has 2 unspecified atom stereocenters. The van der Waals surface area contributed by atoms with E-state index in [2.05, 4.69) is 0 Å². The first-order chi connectivity index (χ1) is 10.1. The summed E-state index contributed by atoms with van der Waals surface area (Å²) in [6.45, 7) is 0.943. The quantitative estimate of drug-likeness (QED) is 0.831. The average molecular weight is 350 g/mol. The predicted molar refractivity (Wildman–Crippen MR) is 75.8 cm³/mol. The Labute approximate surface area is 131 Å². The molecule has 1 amide bonds. The first kappa shape index (κ1) is 16.7. The number of halogens is 2. The molecule has 1 aliphatic heterocycles. The van der Waals surface area contributed by atoms with E-state index in [1.54, 1.807) is 0 Å². The smallest absolute Gasteiger partial charge is 0.326 e. The van der Waals surface area contributed by atoms with E-state index in [1.165, 1.54) is 6.92 Å². The third-order valence-electron chi connectivity index (χ3n) is 3.59. The molecule has 0 saturated carbocycles. The van der Waals surface area contributed by atoms with Crippen LogP contribution in [0.15, 0.2) is 23.1 Å². The van der Waals surface area contributed by atoms with Gasteiger partial charge in [0.25, 0.3) is 0 Å². The van der Waals surface area contributed by atoms with E-state index in [-0.39, 0.29) is 22.9 Å². The fourth-order valence-corrected chi connectivity index (χ4v) is 4.72. The number of nitrogens with zero attached hydrogens (tertiary/aromatic N) is 1. The zero-order valence-corrected chi connectivity index (χ0v) is 13.1. The van der Waals surface area contributed by atoms with Gasteiger partial charge in [-0.15, -0.1) is 0 Å². The third kappa shape index (κ3) is 2.93. The number of carboxylic acid groups (broad SMARTS) is 1. The first-order valence-electron chi connectivity index (χ1n) is 6.33. The summed E-state index contributed by atoms with van der Waals surface area (Å²) in [4.78, 5) is 23.4. The number of aliphatic carboxylic acids is 1. The van der Waals surface area contributed by atoms with Crippen LogP contribution in [0.3, 0.4) is 0 Å². The van der Waals surface area contributed by atoms with Crippen LogP contribution in [0, 0.1) is 5.82 Å². The van der Waals surface area contributed by atoms with Crippen LogP contribution in [0.1, 0.15) is 13.3 Å². The van der Waals surface area contributed by atoms with Crippen LogP contribution in [0.4, 0.5) is 4.39 Å². The van der Waals surface area contributed by atoms with E-state index in [0.29, 0.717) is 0 Å². The number of amides is 1. The van der Waals surface area contributed by atoms with Crippen molar-refractivity contribution in [3.05, 3.63) is 29.0 Å². The summed E-state index contributed by atoms with van der Waals surface area (Å²) in [6.07, 6.45) is -0.231. The minimum Gasteiger partial charge on any atom is -0.480 e. The summed E-state index contributed by atoms with van der Waals surface area (Å²) in [6, 6.07) is 1.68. The van der Waals surface area contributed by atoms with Crippen molar-refractivity contribution < 1.29 is 27.5 Å². The molecule has 1 N–H and O–H groups in total. The Morgan fingerprint density at radius 2 is 2.05 bits per heavy atom. The molecule has 0 spiro atoms. The van der Waals surface area contributed by atoms with Crippen LogP contribution < -0.4 is 0 Å². The van der Waals surface area contributed by atoms with E-state index >= 15 is 0 Å². The van der Waals surface area contributed by atoms with Crippen molar-refractivity contribution in [2.24, 2.45) is 0 Å². The van der Waals surface area contributed by atoms with Gasteiger partial charge in [-0.05, 0) is 24.6 Å². The maximum absolute atomic E-state index is 13.0. The normalized spacial score (nSPS) is 21.9. The Hall–Kier alpha value is -1.67. The van der Waals surface area contributed by atoms with Gasteiger partial charge in [0.2, 0.25) is 5.91 Å². The van der Waals surface area contributed by atoms with Gasteiger partial charge in [0.1, 0.15) is 11.9 Å². The lowest BCUT2D eigenvalue weighted by Crippen LogP contribution is -2.39. The van der Waals surface area contributed by atoms with Crippen LogP contribution in [0.25, 0.3) is 0 Å². The Morgan fingerprint density at radius 1 is 1.41 bits per heavy atom. The molecule has 120 valence electrons. The highest BCUT2D eigenvalue weighted by Crippen LogP contribution is 2.32. The number of likely N-dealkylation sites (tertiary alicyclic amines) is 1. The van der Waals surface area contributed by atoms with E-state index < -0.39 is 38.8 Å². The summed E-state index contributed by atoms with van der Waals surface area (Å²) >= 11 is 5.77. The molecule has 6 nitrogen and oxygen atoms in total. The highest BCUT2D eigenvalue weighted by Gasteiger charge is 2.44. The van der Waals surface area contributed by atoms with Gasteiger partial charge in [0.15, 0.2) is 9.84 Å². The molecule has 1 aliphatic rings. The monoisotopic (exact) mass is 349 g/mol. The molecule has 9 heteroatoms. The van der Waals surface area contributed by atoms with Crippen molar-refractivity contribution in [2.75, 3.05) is 6.54 Å². The average Bonchev–Trinajstić information content (AvgIpc) is 2.84. The predicted octanol–water partition coefficient (Wildman–Crippen LogP) is 1.33. The molecule has 22 heavy (non-hydrogen) atoms. The number of carbonyl (C=O) groups is 2. The molecule has 1 saturated heterocycles. The fourth-order valence-electron chi connectivity index (χ4n) is 2.49. The lowest BCUT2D eigenvalue weighted by atomic mass is 10.2. The standard InChI is InChI=1S/C13H13ClFNO5S/c1-7(17)16-6-9(5-11(16)13(18)19)22(20,21)12-3-2-8(15)4-10(12)14/h2-4,9,11H,5-6H2,1H3,(H,18,19). The van der Waals surface area contributed by atoms with E-state index in [0.717, 1.165) is 23.1 Å². The van der Waals surface area contributed by atoms with Crippen LogP contribution in [0.2, 0.25) is 5.02 Å². The van der Waals surface area contributed by atoms with Crippen molar-refractivity contribution in [3.63, 3.8) is 0 Å². The number of hydrogen-bond acceptors (Lipinski definition) is 4. The Morgan fingerprint density at radius 3 is 2.50 bits per heavy atom. The third-order valence-corrected chi connectivity index (χ3v) is 6.20.